The molecule has 8 heteroatoms. The van der Waals surface area contributed by atoms with Crippen LogP contribution in [0.3, 0.4) is 0 Å². The zero-order chi connectivity index (χ0) is 18.7. The number of hydrogen-bond donors (Lipinski definition) is 1. The molecule has 1 aromatic carbocycles. The molecule has 1 saturated heterocycles. The van der Waals surface area contributed by atoms with Crippen LogP contribution in [0.2, 0.25) is 0 Å². The van der Waals surface area contributed by atoms with E-state index in [-0.39, 0.29) is 0 Å². The van der Waals surface area contributed by atoms with Crippen LogP contribution in [0.15, 0.2) is 28.7 Å². The Balaban J connectivity index is 1.63. The highest BCUT2D eigenvalue weighted by Gasteiger charge is 2.21. The number of anilines is 2. The van der Waals surface area contributed by atoms with E-state index < -0.39 is 0 Å². The molecule has 0 amide bonds. The summed E-state index contributed by atoms with van der Waals surface area (Å²) in [5.41, 5.74) is 2.93. The second-order valence-electron chi connectivity index (χ2n) is 6.14. The lowest BCUT2D eigenvalue weighted by Gasteiger charge is -2.37. The number of aromatic nitrogens is 2. The lowest BCUT2D eigenvalue weighted by molar-refractivity contribution is 0.387. The summed E-state index contributed by atoms with van der Waals surface area (Å²) in [6, 6.07) is 8.37. The number of nitrogens with one attached hydrogen (secondary N) is 1. The summed E-state index contributed by atoms with van der Waals surface area (Å²) >= 11 is 9.11. The van der Waals surface area contributed by atoms with Gasteiger partial charge >= 0.3 is 0 Å². The van der Waals surface area contributed by atoms with Crippen molar-refractivity contribution in [3.05, 3.63) is 40.1 Å². The molecule has 0 unspecified atom stereocenters. The Morgan fingerprint density at radius 3 is 2.50 bits per heavy atom. The maximum Gasteiger partial charge on any atom is 0.257 e. The third-order valence-electron chi connectivity index (χ3n) is 4.43. The van der Waals surface area contributed by atoms with Gasteiger partial charge in [-0.15, -0.1) is 0 Å². The van der Waals surface area contributed by atoms with Gasteiger partial charge in [-0.2, -0.15) is 0 Å². The van der Waals surface area contributed by atoms with Crippen molar-refractivity contribution in [2.45, 2.75) is 13.8 Å². The number of thiocarbonyl (C=S) groups is 1. The Bertz CT molecular complexity index is 808. The molecule has 1 aliphatic heterocycles. The molecule has 1 fully saturated rings. The number of rotatable bonds is 3. The molecule has 138 valence electrons. The number of aryl methyl sites for hydroxylation is 2. The molecule has 2 heterocycles. The first-order valence-corrected chi connectivity index (χ1v) is 9.63. The fourth-order valence-electron chi connectivity index (χ4n) is 2.83. The lowest BCUT2D eigenvalue weighted by Crippen LogP contribution is -2.50. The molecule has 1 aliphatic rings. The number of methoxy groups -OCH3 is 1. The zero-order valence-electron chi connectivity index (χ0n) is 15.1. The van der Waals surface area contributed by atoms with Crippen LogP contribution in [-0.4, -0.2) is 53.3 Å². The third-order valence-corrected chi connectivity index (χ3v) is 5.29. The minimum absolute atomic E-state index is 0.461. The topological polar surface area (TPSA) is 53.5 Å². The molecule has 0 bridgehead atoms. The molecular weight excluding hydrogens is 414 g/mol. The van der Waals surface area contributed by atoms with Gasteiger partial charge in [-0.3, -0.25) is 0 Å². The Kier molecular flexibility index (Phi) is 5.93. The van der Waals surface area contributed by atoms with Crippen molar-refractivity contribution in [3.63, 3.8) is 0 Å². The summed E-state index contributed by atoms with van der Waals surface area (Å²) < 4.78 is 6.42. The van der Waals surface area contributed by atoms with Gasteiger partial charge in [0.2, 0.25) is 0 Å². The number of nitrogens with zero attached hydrogens (tertiary/aromatic N) is 4. The van der Waals surface area contributed by atoms with Crippen molar-refractivity contribution in [1.82, 2.24) is 14.9 Å². The average molecular weight is 436 g/mol. The number of ether oxygens (including phenoxy) is 1. The van der Waals surface area contributed by atoms with Gasteiger partial charge in [-0.05, 0) is 44.3 Å². The molecule has 0 saturated carbocycles. The summed E-state index contributed by atoms with van der Waals surface area (Å²) in [4.78, 5) is 13.4. The van der Waals surface area contributed by atoms with Crippen molar-refractivity contribution in [2.24, 2.45) is 0 Å². The minimum atomic E-state index is 0.461. The average Bonchev–Trinajstić information content (AvgIpc) is 2.64. The molecule has 0 aliphatic carbocycles. The highest BCUT2D eigenvalue weighted by molar-refractivity contribution is 9.10. The molecule has 0 spiro atoms. The van der Waals surface area contributed by atoms with E-state index in [1.54, 1.807) is 7.11 Å². The first kappa shape index (κ1) is 18.8. The molecule has 0 atom stereocenters. The van der Waals surface area contributed by atoms with Crippen LogP contribution >= 0.6 is 28.1 Å². The van der Waals surface area contributed by atoms with Crippen LogP contribution < -0.4 is 15.0 Å². The SMILES string of the molecule is COc1nc(C)c(C)nc1NC(=S)N1CCN(c2cccc(Br)c2)CC1. The number of halogens is 1. The molecular formula is C18H22BrN5OS. The largest absolute Gasteiger partial charge is 0.478 e. The second kappa shape index (κ2) is 8.18. The van der Waals surface area contributed by atoms with E-state index in [1.165, 1.54) is 5.69 Å². The van der Waals surface area contributed by atoms with Crippen LogP contribution in [0.5, 0.6) is 5.88 Å². The van der Waals surface area contributed by atoms with Gasteiger partial charge in [0.15, 0.2) is 10.9 Å². The van der Waals surface area contributed by atoms with Gasteiger partial charge in [0, 0.05) is 36.3 Å². The molecule has 1 N–H and O–H groups in total. The predicted molar refractivity (Wildman–Crippen MR) is 112 cm³/mol. The van der Waals surface area contributed by atoms with Crippen molar-refractivity contribution in [2.75, 3.05) is 43.5 Å². The standard InChI is InChI=1S/C18H22BrN5OS/c1-12-13(2)21-17(25-3)16(20-12)22-18(26)24-9-7-23(8-10-24)15-6-4-5-14(19)11-15/h4-6,11H,7-10H2,1-3H3,(H,20,22,26). The van der Waals surface area contributed by atoms with Gasteiger partial charge < -0.3 is 19.9 Å². The summed E-state index contributed by atoms with van der Waals surface area (Å²) in [6.07, 6.45) is 0. The lowest BCUT2D eigenvalue weighted by atomic mass is 10.2. The van der Waals surface area contributed by atoms with Gasteiger partial charge in [0.1, 0.15) is 0 Å². The number of benzene rings is 1. The molecule has 0 radical (unpaired) electrons. The van der Waals surface area contributed by atoms with E-state index in [0.717, 1.165) is 42.0 Å². The molecule has 26 heavy (non-hydrogen) atoms. The van der Waals surface area contributed by atoms with Crippen molar-refractivity contribution < 1.29 is 4.74 Å². The maximum absolute atomic E-state index is 5.58. The van der Waals surface area contributed by atoms with E-state index in [4.69, 9.17) is 17.0 Å². The van der Waals surface area contributed by atoms with Crippen LogP contribution in [0, 0.1) is 13.8 Å². The van der Waals surface area contributed by atoms with Gasteiger partial charge in [-0.25, -0.2) is 9.97 Å². The van der Waals surface area contributed by atoms with Crippen molar-refractivity contribution in [3.8, 4) is 5.88 Å². The zero-order valence-corrected chi connectivity index (χ0v) is 17.5. The fourth-order valence-corrected chi connectivity index (χ4v) is 3.49. The van der Waals surface area contributed by atoms with E-state index in [1.807, 2.05) is 19.9 Å². The molecule has 1 aromatic heterocycles. The van der Waals surface area contributed by atoms with Gasteiger partial charge in [0.05, 0.1) is 18.5 Å². The monoisotopic (exact) mass is 435 g/mol. The molecule has 3 rings (SSSR count). The predicted octanol–water partition coefficient (Wildman–Crippen LogP) is 3.38. The fraction of sp³-hybridized carbons (Fsp3) is 0.389. The number of piperazine rings is 1. The normalized spacial score (nSPS) is 14.3. The first-order chi connectivity index (χ1) is 12.5. The van der Waals surface area contributed by atoms with E-state index in [9.17, 15) is 0 Å². The Hall–Kier alpha value is -1.93. The van der Waals surface area contributed by atoms with Crippen LogP contribution in [0.1, 0.15) is 11.4 Å². The summed E-state index contributed by atoms with van der Waals surface area (Å²) in [7, 11) is 1.59. The molecule has 2 aromatic rings. The summed E-state index contributed by atoms with van der Waals surface area (Å²) in [5.74, 6) is 1.03. The third kappa shape index (κ3) is 4.24. The van der Waals surface area contributed by atoms with Gasteiger partial charge in [-0.1, -0.05) is 22.0 Å². The van der Waals surface area contributed by atoms with E-state index in [0.29, 0.717) is 16.8 Å². The van der Waals surface area contributed by atoms with Crippen molar-refractivity contribution >= 4 is 44.8 Å². The highest BCUT2D eigenvalue weighted by atomic mass is 79.9. The van der Waals surface area contributed by atoms with E-state index in [2.05, 4.69) is 59.2 Å². The highest BCUT2D eigenvalue weighted by Crippen LogP contribution is 2.23. The Morgan fingerprint density at radius 2 is 1.85 bits per heavy atom. The smallest absolute Gasteiger partial charge is 0.257 e. The van der Waals surface area contributed by atoms with Crippen LogP contribution in [0.25, 0.3) is 0 Å². The number of hydrogen-bond acceptors (Lipinski definition) is 5. The van der Waals surface area contributed by atoms with Crippen molar-refractivity contribution in [1.29, 1.82) is 0 Å². The molecule has 6 nitrogen and oxygen atoms in total. The van der Waals surface area contributed by atoms with Crippen LogP contribution in [0.4, 0.5) is 11.5 Å². The van der Waals surface area contributed by atoms with E-state index >= 15 is 0 Å². The van der Waals surface area contributed by atoms with Gasteiger partial charge in [0.25, 0.3) is 5.88 Å². The minimum Gasteiger partial charge on any atom is -0.478 e. The summed E-state index contributed by atoms with van der Waals surface area (Å²) in [5, 5.41) is 3.84. The Morgan fingerprint density at radius 1 is 1.15 bits per heavy atom. The van der Waals surface area contributed by atoms with Crippen LogP contribution in [-0.2, 0) is 0 Å². The quantitative estimate of drug-likeness (QED) is 0.741. The Labute approximate surface area is 167 Å². The summed E-state index contributed by atoms with van der Waals surface area (Å²) in [6.45, 7) is 7.35. The second-order valence-corrected chi connectivity index (χ2v) is 7.44. The maximum atomic E-state index is 5.58. The first-order valence-electron chi connectivity index (χ1n) is 8.43.